The first-order valence-corrected chi connectivity index (χ1v) is 10.8. The Balaban J connectivity index is 0. The van der Waals surface area contributed by atoms with Gasteiger partial charge in [-0.3, -0.25) is 16.2 Å². The van der Waals surface area contributed by atoms with E-state index in [0.717, 1.165) is 52.4 Å². The van der Waals surface area contributed by atoms with Gasteiger partial charge in [0.2, 0.25) is 0 Å². The van der Waals surface area contributed by atoms with Crippen LogP contribution in [0, 0.1) is 19.5 Å². The van der Waals surface area contributed by atoms with Crippen LogP contribution in [0.5, 0.6) is 0 Å². The van der Waals surface area contributed by atoms with Gasteiger partial charge in [-0.05, 0) is 18.6 Å². The van der Waals surface area contributed by atoms with Crippen LogP contribution in [0.15, 0.2) is 0 Å². The SMILES string of the molecule is CC.[CH2-]N1[CH-]CN(CC)CCN(CC(=O)C(C)C)CCN(CC)CC1(C)C.[Rb+]. The van der Waals surface area contributed by atoms with Crippen molar-refractivity contribution < 1.29 is 63.0 Å². The zero-order valence-corrected chi connectivity index (χ0v) is 25.3. The summed E-state index contributed by atoms with van der Waals surface area (Å²) in [5, 5.41) is 0. The van der Waals surface area contributed by atoms with E-state index in [0.29, 0.717) is 12.3 Å². The molecular formula is C22H46N4ORb-. The molecule has 0 radical (unpaired) electrons. The van der Waals surface area contributed by atoms with E-state index in [2.05, 4.69) is 60.9 Å². The first-order chi connectivity index (χ1) is 12.7. The summed E-state index contributed by atoms with van der Waals surface area (Å²) in [6, 6.07) is 0. The van der Waals surface area contributed by atoms with E-state index < -0.39 is 0 Å². The third-order valence-corrected chi connectivity index (χ3v) is 5.33. The number of nitrogens with zero attached hydrogens (tertiary/aromatic N) is 4. The largest absolute Gasteiger partial charge is 1.00 e. The number of rotatable bonds is 5. The Morgan fingerprint density at radius 2 is 1.46 bits per heavy atom. The predicted molar refractivity (Wildman–Crippen MR) is 117 cm³/mol. The minimum absolute atomic E-state index is 0. The van der Waals surface area contributed by atoms with Crippen LogP contribution >= 0.6 is 0 Å². The molecule has 1 fully saturated rings. The number of hydrogen-bond donors (Lipinski definition) is 0. The van der Waals surface area contributed by atoms with Crippen LogP contribution in [-0.2, 0) is 4.79 Å². The number of hydrogen-bond acceptors (Lipinski definition) is 5. The summed E-state index contributed by atoms with van der Waals surface area (Å²) >= 11 is 0. The molecule has 0 aromatic heterocycles. The van der Waals surface area contributed by atoms with Crippen LogP contribution in [0.2, 0.25) is 0 Å². The second-order valence-corrected chi connectivity index (χ2v) is 8.12. The Labute approximate surface area is 225 Å². The van der Waals surface area contributed by atoms with Crippen LogP contribution in [0.4, 0.5) is 0 Å². The maximum atomic E-state index is 12.2. The molecule has 0 aromatic carbocycles. The van der Waals surface area contributed by atoms with Crippen molar-refractivity contribution >= 4 is 5.78 Å². The zero-order valence-electron chi connectivity index (χ0n) is 20.4. The molecule has 0 spiro atoms. The third kappa shape index (κ3) is 12.2. The first-order valence-electron chi connectivity index (χ1n) is 10.8. The topological polar surface area (TPSA) is 30.0 Å². The average Bonchev–Trinajstić information content (AvgIpc) is 2.64. The van der Waals surface area contributed by atoms with E-state index in [1.807, 2.05) is 27.7 Å². The molecule has 1 rings (SSSR count). The summed E-state index contributed by atoms with van der Waals surface area (Å²) in [5.41, 5.74) is -0.00675. The Hall–Kier alpha value is 1.32. The van der Waals surface area contributed by atoms with Crippen LogP contribution in [0.25, 0.3) is 0 Å². The molecule has 0 N–H and O–H groups in total. The molecule has 28 heavy (non-hydrogen) atoms. The molecule has 1 aliphatic heterocycles. The summed E-state index contributed by atoms with van der Waals surface area (Å²) in [6.07, 6.45) is 0. The quantitative estimate of drug-likeness (QED) is 0.540. The summed E-state index contributed by atoms with van der Waals surface area (Å²) in [7, 11) is 4.26. The van der Waals surface area contributed by atoms with Gasteiger partial charge in [0.05, 0.1) is 6.54 Å². The predicted octanol–water partition coefficient (Wildman–Crippen LogP) is 0.235. The maximum Gasteiger partial charge on any atom is 1.00 e. The Bertz CT molecular complexity index is 404. The second kappa shape index (κ2) is 16.9. The molecular weight excluding hydrogens is 422 g/mol. The van der Waals surface area contributed by atoms with E-state index in [-0.39, 0.29) is 69.6 Å². The van der Waals surface area contributed by atoms with Crippen molar-refractivity contribution in [3.63, 3.8) is 0 Å². The van der Waals surface area contributed by atoms with Gasteiger partial charge < -0.3 is 21.7 Å². The van der Waals surface area contributed by atoms with Crippen molar-refractivity contribution in [1.29, 1.82) is 0 Å². The molecule has 0 amide bonds. The second-order valence-electron chi connectivity index (χ2n) is 8.12. The van der Waals surface area contributed by atoms with E-state index in [9.17, 15) is 4.79 Å². The molecule has 1 aliphatic rings. The molecule has 5 nitrogen and oxygen atoms in total. The first kappa shape index (κ1) is 31.5. The Kier molecular flexibility index (Phi) is 19.1. The number of likely N-dealkylation sites (N-methyl/N-ethyl adjacent to an activating group) is 2. The molecule has 1 heterocycles. The summed E-state index contributed by atoms with van der Waals surface area (Å²) in [5.74, 6) is 0.451. The molecule has 6 heteroatoms. The normalized spacial score (nSPS) is 21.1. The molecule has 0 aromatic rings. The number of carbonyl (C=O) groups excluding carboxylic acids is 1. The minimum Gasteiger partial charge on any atom is -0.601 e. The molecule has 0 unspecified atom stereocenters. The van der Waals surface area contributed by atoms with Crippen molar-refractivity contribution in [2.45, 2.75) is 60.9 Å². The maximum absolute atomic E-state index is 12.2. The monoisotopic (exact) mass is 467 g/mol. The number of ketones is 1. The van der Waals surface area contributed by atoms with Crippen molar-refractivity contribution in [2.75, 3.05) is 58.9 Å². The van der Waals surface area contributed by atoms with Gasteiger partial charge in [-0.25, -0.2) is 0 Å². The number of carbonyl (C=O) groups is 1. The van der Waals surface area contributed by atoms with Gasteiger partial charge in [0.1, 0.15) is 5.78 Å². The molecule has 0 saturated carbocycles. The molecule has 0 aliphatic carbocycles. The van der Waals surface area contributed by atoms with Gasteiger partial charge >= 0.3 is 58.2 Å². The van der Waals surface area contributed by atoms with Crippen LogP contribution in [-0.4, -0.2) is 89.8 Å². The van der Waals surface area contributed by atoms with E-state index in [4.69, 9.17) is 0 Å². The minimum atomic E-state index is -0.00675. The zero-order chi connectivity index (χ0) is 21.0. The van der Waals surface area contributed by atoms with Gasteiger partial charge in [-0.1, -0.05) is 55.4 Å². The van der Waals surface area contributed by atoms with Gasteiger partial charge in [0.15, 0.2) is 0 Å². The number of Topliss-reactive ketones (excluding diaryl/α,β-unsaturated/α-hetero) is 1. The van der Waals surface area contributed by atoms with Gasteiger partial charge in [0, 0.05) is 38.6 Å². The van der Waals surface area contributed by atoms with E-state index in [1.165, 1.54) is 0 Å². The smallest absolute Gasteiger partial charge is 0.601 e. The standard InChI is InChI=1S/C20H40N4O.C2H6.Rb/c1-8-22-11-10-21(7)20(5,6)17-23(9-2)13-15-24(14-12-22)16-19(25)18(3)4;1-2;/h10,18H,7-9,11-17H2,1-6H3;1-2H3;/q-2;;+1. The van der Waals surface area contributed by atoms with Crippen molar-refractivity contribution in [1.82, 2.24) is 19.6 Å². The van der Waals surface area contributed by atoms with E-state index >= 15 is 0 Å². The molecule has 0 bridgehead atoms. The molecule has 1 saturated heterocycles. The Morgan fingerprint density at radius 3 is 1.93 bits per heavy atom. The fourth-order valence-electron chi connectivity index (χ4n) is 3.07. The third-order valence-electron chi connectivity index (χ3n) is 5.33. The summed E-state index contributed by atoms with van der Waals surface area (Å²) in [4.78, 5) is 21.6. The fourth-order valence-corrected chi connectivity index (χ4v) is 3.07. The van der Waals surface area contributed by atoms with Crippen LogP contribution in [0.1, 0.15) is 55.4 Å². The van der Waals surface area contributed by atoms with Crippen molar-refractivity contribution in [3.05, 3.63) is 13.6 Å². The van der Waals surface area contributed by atoms with E-state index in [1.54, 1.807) is 0 Å². The van der Waals surface area contributed by atoms with Crippen LogP contribution in [0.3, 0.4) is 0 Å². The molecule has 162 valence electrons. The Morgan fingerprint density at radius 1 is 1.00 bits per heavy atom. The summed E-state index contributed by atoms with van der Waals surface area (Å²) in [6.45, 7) is 27.5. The van der Waals surface area contributed by atoms with Gasteiger partial charge in [0.25, 0.3) is 0 Å². The van der Waals surface area contributed by atoms with Gasteiger partial charge in [-0.2, -0.15) is 0 Å². The fraction of sp³-hybridized carbons (Fsp3) is 0.864. The summed E-state index contributed by atoms with van der Waals surface area (Å²) < 4.78 is 0. The molecule has 0 atom stereocenters. The van der Waals surface area contributed by atoms with Crippen molar-refractivity contribution in [2.24, 2.45) is 5.92 Å². The average molecular weight is 468 g/mol. The van der Waals surface area contributed by atoms with Gasteiger partial charge in [-0.15, -0.1) is 6.54 Å². The van der Waals surface area contributed by atoms with Crippen LogP contribution < -0.4 is 58.2 Å². The van der Waals surface area contributed by atoms with Crippen molar-refractivity contribution in [3.8, 4) is 0 Å².